The Bertz CT molecular complexity index is 1390. The van der Waals surface area contributed by atoms with Gasteiger partial charge in [0.15, 0.2) is 5.96 Å². The van der Waals surface area contributed by atoms with Crippen LogP contribution in [0.3, 0.4) is 0 Å². The number of phenolic OH excluding ortho intramolecular Hbond substituents is 1. The van der Waals surface area contributed by atoms with E-state index >= 15 is 0 Å². The SMILES string of the molecule is C[C@H](N)C(=O)N[C@H](Cc1ccccc1)C(=O)N[C@H](CCCNC(=N)N)C(=O)N[C@@H](Cc1ccc(O)cc1)C(=O)N[C@@H](CCCCN)C(=O)O. The Balaban J connectivity index is 2.36. The molecule has 268 valence electrons. The number of carboxylic acid groups (broad SMARTS) is 1. The molecule has 0 aliphatic heterocycles. The number of benzene rings is 2. The van der Waals surface area contributed by atoms with E-state index in [9.17, 15) is 34.2 Å². The smallest absolute Gasteiger partial charge is 0.326 e. The van der Waals surface area contributed by atoms with E-state index in [4.69, 9.17) is 22.6 Å². The summed E-state index contributed by atoms with van der Waals surface area (Å²) in [5.74, 6) is -4.31. The number of unbranched alkanes of at least 4 members (excludes halogenated alkanes) is 1. The summed E-state index contributed by atoms with van der Waals surface area (Å²) in [7, 11) is 0. The molecular formula is C33H49N9O7. The van der Waals surface area contributed by atoms with Crippen LogP contribution in [0.25, 0.3) is 0 Å². The monoisotopic (exact) mass is 683 g/mol. The fourth-order valence-corrected chi connectivity index (χ4v) is 4.80. The van der Waals surface area contributed by atoms with E-state index in [2.05, 4.69) is 26.6 Å². The molecule has 0 saturated heterocycles. The first-order valence-electron chi connectivity index (χ1n) is 16.1. The number of phenols is 1. The highest BCUT2D eigenvalue weighted by Gasteiger charge is 2.31. The molecule has 0 unspecified atom stereocenters. The largest absolute Gasteiger partial charge is 0.508 e. The van der Waals surface area contributed by atoms with Crippen molar-refractivity contribution in [3.05, 3.63) is 65.7 Å². The van der Waals surface area contributed by atoms with Gasteiger partial charge in [-0.3, -0.25) is 24.6 Å². The topological polar surface area (TPSA) is 288 Å². The first-order valence-corrected chi connectivity index (χ1v) is 16.1. The maximum atomic E-state index is 13.8. The summed E-state index contributed by atoms with van der Waals surface area (Å²) in [6.45, 7) is 2.03. The quantitative estimate of drug-likeness (QED) is 0.0428. The summed E-state index contributed by atoms with van der Waals surface area (Å²) >= 11 is 0. The summed E-state index contributed by atoms with van der Waals surface area (Å²) in [5.41, 5.74) is 17.9. The van der Waals surface area contributed by atoms with Crippen molar-refractivity contribution in [2.24, 2.45) is 17.2 Å². The van der Waals surface area contributed by atoms with Gasteiger partial charge < -0.3 is 54.0 Å². The second-order valence-electron chi connectivity index (χ2n) is 11.7. The van der Waals surface area contributed by atoms with E-state index in [0.29, 0.717) is 24.9 Å². The molecular weight excluding hydrogens is 634 g/mol. The lowest BCUT2D eigenvalue weighted by Crippen LogP contribution is -2.59. The summed E-state index contributed by atoms with van der Waals surface area (Å²) < 4.78 is 0. The van der Waals surface area contributed by atoms with Crippen molar-refractivity contribution in [1.29, 1.82) is 5.41 Å². The number of carbonyl (C=O) groups excluding carboxylic acids is 4. The van der Waals surface area contributed by atoms with Crippen molar-refractivity contribution < 1.29 is 34.2 Å². The van der Waals surface area contributed by atoms with E-state index in [-0.39, 0.29) is 50.4 Å². The number of aromatic hydroxyl groups is 1. The van der Waals surface area contributed by atoms with Crippen LogP contribution in [0.4, 0.5) is 0 Å². The van der Waals surface area contributed by atoms with Crippen LogP contribution >= 0.6 is 0 Å². The minimum atomic E-state index is -1.28. The fraction of sp³-hybridized carbons (Fsp3) is 0.455. The second kappa shape index (κ2) is 20.9. The fourth-order valence-electron chi connectivity index (χ4n) is 4.80. The van der Waals surface area contributed by atoms with Crippen molar-refractivity contribution in [2.45, 2.75) is 82.1 Å². The van der Waals surface area contributed by atoms with Gasteiger partial charge in [0.25, 0.3) is 0 Å². The summed E-state index contributed by atoms with van der Waals surface area (Å²) in [5, 5.41) is 40.0. The van der Waals surface area contributed by atoms with Crippen LogP contribution in [-0.2, 0) is 36.8 Å². The Morgan fingerprint density at radius 1 is 0.714 bits per heavy atom. The molecule has 0 heterocycles. The van der Waals surface area contributed by atoms with Crippen LogP contribution in [0.5, 0.6) is 5.75 Å². The number of carboxylic acids is 1. The number of nitrogens with two attached hydrogens (primary N) is 3. The highest BCUT2D eigenvalue weighted by molar-refractivity contribution is 5.95. The summed E-state index contributed by atoms with van der Waals surface area (Å²) in [6, 6.07) is 9.11. The molecule has 0 aliphatic carbocycles. The minimum Gasteiger partial charge on any atom is -0.508 e. The van der Waals surface area contributed by atoms with Gasteiger partial charge in [0.2, 0.25) is 23.6 Å². The van der Waals surface area contributed by atoms with E-state index in [1.54, 1.807) is 42.5 Å². The van der Waals surface area contributed by atoms with E-state index in [1.165, 1.54) is 19.1 Å². The van der Waals surface area contributed by atoms with Gasteiger partial charge >= 0.3 is 5.97 Å². The second-order valence-corrected chi connectivity index (χ2v) is 11.7. The van der Waals surface area contributed by atoms with Gasteiger partial charge in [-0.1, -0.05) is 42.5 Å². The van der Waals surface area contributed by atoms with Gasteiger partial charge in [0.05, 0.1) is 6.04 Å². The predicted molar refractivity (Wildman–Crippen MR) is 183 cm³/mol. The van der Waals surface area contributed by atoms with Crippen LogP contribution in [-0.4, -0.2) is 89.1 Å². The van der Waals surface area contributed by atoms with Crippen molar-refractivity contribution in [3.8, 4) is 5.75 Å². The molecule has 16 heteroatoms. The van der Waals surface area contributed by atoms with Crippen molar-refractivity contribution in [2.75, 3.05) is 13.1 Å². The number of hydrogen-bond donors (Lipinski definition) is 11. The Labute approximate surface area is 285 Å². The zero-order chi connectivity index (χ0) is 36.3. The first-order chi connectivity index (χ1) is 23.3. The Hall–Kier alpha value is -5.22. The van der Waals surface area contributed by atoms with Crippen molar-refractivity contribution in [1.82, 2.24) is 26.6 Å². The molecule has 14 N–H and O–H groups in total. The van der Waals surface area contributed by atoms with Gasteiger partial charge in [-0.05, 0) is 68.8 Å². The van der Waals surface area contributed by atoms with Crippen molar-refractivity contribution in [3.63, 3.8) is 0 Å². The molecule has 0 radical (unpaired) electrons. The Kier molecular flexibility index (Phi) is 17.0. The number of guanidine groups is 1. The Morgan fingerprint density at radius 2 is 1.20 bits per heavy atom. The zero-order valence-electron chi connectivity index (χ0n) is 27.6. The minimum absolute atomic E-state index is 0.0113. The van der Waals surface area contributed by atoms with Gasteiger partial charge in [-0.2, -0.15) is 0 Å². The standard InChI is InChI=1S/C33H49N9O7/c1-20(35)28(44)41-26(18-21-8-3-2-4-9-21)30(46)39-24(11-7-17-38-33(36)37)29(45)42-27(19-22-12-14-23(43)15-13-22)31(47)40-25(32(48)49)10-5-6-16-34/h2-4,8-9,12-15,20,24-27,43H,5-7,10-11,16-19,34-35H2,1H3,(H,39,46)(H,40,47)(H,41,44)(H,42,45)(H,48,49)(H4,36,37,38)/t20-,24+,25-,26+,27-/m0/s1. The molecule has 0 saturated carbocycles. The molecule has 49 heavy (non-hydrogen) atoms. The van der Waals surface area contributed by atoms with Gasteiger partial charge in [0.1, 0.15) is 29.9 Å². The van der Waals surface area contributed by atoms with Gasteiger partial charge in [-0.25, -0.2) is 4.79 Å². The molecule has 0 spiro atoms. The number of amides is 4. The maximum Gasteiger partial charge on any atom is 0.326 e. The van der Waals surface area contributed by atoms with Gasteiger partial charge in [-0.15, -0.1) is 0 Å². The zero-order valence-corrected chi connectivity index (χ0v) is 27.6. The third-order valence-electron chi connectivity index (χ3n) is 7.52. The van der Waals surface area contributed by atoms with Gasteiger partial charge in [0, 0.05) is 19.4 Å². The molecule has 0 aliphatic rings. The third-order valence-corrected chi connectivity index (χ3v) is 7.52. The van der Waals surface area contributed by atoms with Crippen LogP contribution in [0.15, 0.2) is 54.6 Å². The molecule has 0 bridgehead atoms. The van der Waals surface area contributed by atoms with E-state index < -0.39 is 59.8 Å². The molecule has 0 fully saturated rings. The van der Waals surface area contributed by atoms with Crippen LogP contribution < -0.4 is 43.8 Å². The number of nitrogens with one attached hydrogen (secondary N) is 6. The number of rotatable bonds is 21. The van der Waals surface area contributed by atoms with Crippen LogP contribution in [0.2, 0.25) is 0 Å². The van der Waals surface area contributed by atoms with Crippen LogP contribution in [0, 0.1) is 5.41 Å². The summed E-state index contributed by atoms with van der Waals surface area (Å²) in [6.07, 6.45) is 1.47. The average Bonchev–Trinajstić information content (AvgIpc) is 3.06. The lowest BCUT2D eigenvalue weighted by molar-refractivity contribution is -0.142. The molecule has 0 aromatic heterocycles. The van der Waals surface area contributed by atoms with E-state index in [1.807, 2.05) is 0 Å². The number of aliphatic carboxylic acids is 1. The lowest BCUT2D eigenvalue weighted by Gasteiger charge is -2.26. The number of carbonyl (C=O) groups is 5. The first kappa shape index (κ1) is 40.0. The maximum absolute atomic E-state index is 13.8. The normalized spacial score (nSPS) is 13.9. The highest BCUT2D eigenvalue weighted by atomic mass is 16.4. The molecule has 16 nitrogen and oxygen atoms in total. The van der Waals surface area contributed by atoms with Crippen molar-refractivity contribution >= 4 is 35.6 Å². The predicted octanol–water partition coefficient (Wildman–Crippen LogP) is -1.06. The summed E-state index contributed by atoms with van der Waals surface area (Å²) in [4.78, 5) is 65.5. The Morgan fingerprint density at radius 3 is 1.73 bits per heavy atom. The van der Waals surface area contributed by atoms with E-state index in [0.717, 1.165) is 5.56 Å². The molecule has 4 amide bonds. The molecule has 2 rings (SSSR count). The average molecular weight is 684 g/mol. The lowest BCUT2D eigenvalue weighted by atomic mass is 10.0. The van der Waals surface area contributed by atoms with Crippen LogP contribution in [0.1, 0.15) is 50.2 Å². The molecule has 2 aromatic carbocycles. The highest BCUT2D eigenvalue weighted by Crippen LogP contribution is 2.13. The number of hydrogen-bond acceptors (Lipinski definition) is 9. The molecule has 2 aromatic rings. The third kappa shape index (κ3) is 15.0. The molecule has 5 atom stereocenters.